The molecule has 5 nitrogen and oxygen atoms in total. The van der Waals surface area contributed by atoms with Crippen LogP contribution in [0.1, 0.15) is 49.0 Å². The van der Waals surface area contributed by atoms with E-state index in [4.69, 9.17) is 0 Å². The van der Waals surface area contributed by atoms with Crippen LogP contribution >= 0.6 is 23.1 Å². The number of nitrogens with zero attached hydrogens (tertiary/aromatic N) is 1. The summed E-state index contributed by atoms with van der Waals surface area (Å²) >= 11 is 2.98. The van der Waals surface area contributed by atoms with Gasteiger partial charge in [-0.3, -0.25) is 9.59 Å². The van der Waals surface area contributed by atoms with Crippen molar-refractivity contribution in [2.24, 2.45) is 0 Å². The third kappa shape index (κ3) is 4.00. The minimum absolute atomic E-state index is 0.0870. The number of fused-ring (bicyclic) bond motifs is 1. The maximum atomic E-state index is 12.2. The predicted octanol–water partition coefficient (Wildman–Crippen LogP) is 3.53. The number of carbonyl (C=O) groups excluding carboxylic acids is 1. The highest BCUT2D eigenvalue weighted by molar-refractivity contribution is 7.99. The van der Waals surface area contributed by atoms with Crippen molar-refractivity contribution in [3.05, 3.63) is 20.8 Å². The Balaban J connectivity index is 1.55. The molecular weight excluding hydrogens is 342 g/mol. The van der Waals surface area contributed by atoms with Crippen LogP contribution in [0.4, 0.5) is 0 Å². The topological polar surface area (TPSA) is 74.8 Å². The van der Waals surface area contributed by atoms with Crippen molar-refractivity contribution in [3.63, 3.8) is 0 Å². The maximum Gasteiger partial charge on any atom is 0.260 e. The van der Waals surface area contributed by atoms with E-state index >= 15 is 0 Å². The van der Waals surface area contributed by atoms with Crippen LogP contribution in [0.2, 0.25) is 0 Å². The van der Waals surface area contributed by atoms with E-state index in [0.717, 1.165) is 28.1 Å². The van der Waals surface area contributed by atoms with Gasteiger partial charge in [0.25, 0.3) is 5.56 Å². The number of thiophene rings is 1. The number of H-pyrrole nitrogens is 1. The first-order chi connectivity index (χ1) is 11.5. The number of amides is 1. The van der Waals surface area contributed by atoms with E-state index in [-0.39, 0.29) is 11.5 Å². The zero-order valence-electron chi connectivity index (χ0n) is 14.1. The lowest BCUT2D eigenvalue weighted by atomic mass is 9.95. The van der Waals surface area contributed by atoms with E-state index in [1.807, 2.05) is 13.8 Å². The molecule has 3 rings (SSSR count). The molecule has 0 spiro atoms. The molecule has 0 aromatic carbocycles. The highest BCUT2D eigenvalue weighted by Crippen LogP contribution is 2.27. The Morgan fingerprint density at radius 1 is 1.33 bits per heavy atom. The van der Waals surface area contributed by atoms with Crippen molar-refractivity contribution in [2.75, 3.05) is 5.75 Å². The van der Waals surface area contributed by atoms with Crippen molar-refractivity contribution in [3.8, 4) is 0 Å². The van der Waals surface area contributed by atoms with Gasteiger partial charge in [0.2, 0.25) is 5.91 Å². The van der Waals surface area contributed by atoms with Gasteiger partial charge in [-0.05, 0) is 32.3 Å². The normalized spacial score (nSPS) is 15.8. The number of carbonyl (C=O) groups is 1. The van der Waals surface area contributed by atoms with Gasteiger partial charge in [-0.2, -0.15) is 0 Å². The van der Waals surface area contributed by atoms with Gasteiger partial charge in [-0.1, -0.05) is 31.0 Å². The molecule has 1 aliphatic rings. The number of hydrogen-bond donors (Lipinski definition) is 2. The zero-order chi connectivity index (χ0) is 17.1. The molecule has 0 bridgehead atoms. The van der Waals surface area contributed by atoms with Gasteiger partial charge in [0.15, 0.2) is 5.16 Å². The van der Waals surface area contributed by atoms with Crippen LogP contribution in [0.3, 0.4) is 0 Å². The van der Waals surface area contributed by atoms with E-state index < -0.39 is 0 Å². The van der Waals surface area contributed by atoms with Crippen molar-refractivity contribution >= 4 is 39.2 Å². The third-order valence-electron chi connectivity index (χ3n) is 4.56. The second-order valence-corrected chi connectivity index (χ2v) is 8.62. The fraction of sp³-hybridized carbons (Fsp3) is 0.588. The Labute approximate surface area is 149 Å². The van der Waals surface area contributed by atoms with Crippen LogP contribution in [0, 0.1) is 13.8 Å². The third-order valence-corrected chi connectivity index (χ3v) is 6.53. The minimum atomic E-state index is -0.0870. The molecule has 2 heterocycles. The van der Waals surface area contributed by atoms with Crippen molar-refractivity contribution in [2.45, 2.75) is 63.6 Å². The molecule has 1 amide bonds. The predicted molar refractivity (Wildman–Crippen MR) is 100 cm³/mol. The molecular formula is C17H23N3O2S2. The standard InChI is InChI=1S/C17H23N3O2S2/c1-10-11(2)24-16-14(10)15(22)19-17(20-16)23-9-8-13(21)18-12-6-4-3-5-7-12/h12H,3-9H2,1-2H3,(H,18,21)(H,19,20,22). The number of rotatable bonds is 5. The van der Waals surface area contributed by atoms with Crippen LogP contribution < -0.4 is 10.9 Å². The lowest BCUT2D eigenvalue weighted by Crippen LogP contribution is -2.36. The van der Waals surface area contributed by atoms with Gasteiger partial charge in [-0.15, -0.1) is 11.3 Å². The van der Waals surface area contributed by atoms with Gasteiger partial charge in [-0.25, -0.2) is 4.98 Å². The maximum absolute atomic E-state index is 12.2. The van der Waals surface area contributed by atoms with Gasteiger partial charge < -0.3 is 10.3 Å². The van der Waals surface area contributed by atoms with Crippen LogP contribution in [0.25, 0.3) is 10.2 Å². The van der Waals surface area contributed by atoms with E-state index in [1.54, 1.807) is 11.3 Å². The highest BCUT2D eigenvalue weighted by Gasteiger charge is 2.16. The quantitative estimate of drug-likeness (QED) is 0.628. The molecule has 2 aromatic rings. The molecule has 2 aromatic heterocycles. The number of thioether (sulfide) groups is 1. The second-order valence-electron chi connectivity index (χ2n) is 6.34. The molecule has 0 aliphatic heterocycles. The number of nitrogens with one attached hydrogen (secondary N) is 2. The zero-order valence-corrected chi connectivity index (χ0v) is 15.7. The lowest BCUT2D eigenvalue weighted by molar-refractivity contribution is -0.121. The second kappa shape index (κ2) is 7.70. The first-order valence-electron chi connectivity index (χ1n) is 8.47. The first kappa shape index (κ1) is 17.5. The van der Waals surface area contributed by atoms with Crippen LogP contribution in [-0.2, 0) is 4.79 Å². The van der Waals surface area contributed by atoms with E-state index in [1.165, 1.54) is 31.0 Å². The molecule has 2 N–H and O–H groups in total. The monoisotopic (exact) mass is 365 g/mol. The summed E-state index contributed by atoms with van der Waals surface area (Å²) in [7, 11) is 0. The Kier molecular flexibility index (Phi) is 5.61. The Hall–Kier alpha value is -1.34. The van der Waals surface area contributed by atoms with Crippen molar-refractivity contribution < 1.29 is 4.79 Å². The summed E-state index contributed by atoms with van der Waals surface area (Å²) in [5, 5.41) is 4.40. The molecule has 0 atom stereocenters. The van der Waals surface area contributed by atoms with Gasteiger partial charge in [0.1, 0.15) is 4.83 Å². The molecule has 0 unspecified atom stereocenters. The Morgan fingerprint density at radius 2 is 2.08 bits per heavy atom. The molecule has 24 heavy (non-hydrogen) atoms. The fourth-order valence-corrected chi connectivity index (χ4v) is 4.98. The van der Waals surface area contributed by atoms with Crippen LogP contribution in [0.15, 0.2) is 9.95 Å². The van der Waals surface area contributed by atoms with Crippen LogP contribution in [0.5, 0.6) is 0 Å². The molecule has 1 aliphatic carbocycles. The average molecular weight is 366 g/mol. The summed E-state index contributed by atoms with van der Waals surface area (Å²) in [5.41, 5.74) is 0.920. The molecule has 1 saturated carbocycles. The van der Waals surface area contributed by atoms with Crippen molar-refractivity contribution in [1.29, 1.82) is 0 Å². The number of aryl methyl sites for hydroxylation is 2. The SMILES string of the molecule is Cc1sc2nc(SCCC(=O)NC3CCCCC3)[nH]c(=O)c2c1C. The van der Waals surface area contributed by atoms with E-state index in [0.29, 0.717) is 28.8 Å². The summed E-state index contributed by atoms with van der Waals surface area (Å²) < 4.78 is 0. The van der Waals surface area contributed by atoms with Gasteiger partial charge >= 0.3 is 0 Å². The summed E-state index contributed by atoms with van der Waals surface area (Å²) in [6.07, 6.45) is 6.36. The van der Waals surface area contributed by atoms with Crippen LogP contribution in [-0.4, -0.2) is 27.7 Å². The molecule has 0 saturated heterocycles. The Morgan fingerprint density at radius 3 is 2.83 bits per heavy atom. The molecule has 0 radical (unpaired) electrons. The highest BCUT2D eigenvalue weighted by atomic mass is 32.2. The average Bonchev–Trinajstić information content (AvgIpc) is 2.83. The summed E-state index contributed by atoms with van der Waals surface area (Å²) in [6.45, 7) is 3.96. The smallest absolute Gasteiger partial charge is 0.260 e. The van der Waals surface area contributed by atoms with Gasteiger partial charge in [0, 0.05) is 23.1 Å². The van der Waals surface area contributed by atoms with E-state index in [2.05, 4.69) is 15.3 Å². The largest absolute Gasteiger partial charge is 0.353 e. The van der Waals surface area contributed by atoms with Gasteiger partial charge in [0.05, 0.1) is 5.39 Å². The van der Waals surface area contributed by atoms with Crippen molar-refractivity contribution in [1.82, 2.24) is 15.3 Å². The number of aromatic nitrogens is 2. The fourth-order valence-electron chi connectivity index (χ4n) is 3.09. The minimum Gasteiger partial charge on any atom is -0.353 e. The van der Waals surface area contributed by atoms with E-state index in [9.17, 15) is 9.59 Å². The summed E-state index contributed by atoms with van der Waals surface area (Å²) in [4.78, 5) is 33.5. The summed E-state index contributed by atoms with van der Waals surface area (Å²) in [6, 6.07) is 0.350. The number of aromatic amines is 1. The lowest BCUT2D eigenvalue weighted by Gasteiger charge is -2.22. The molecule has 7 heteroatoms. The first-order valence-corrected chi connectivity index (χ1v) is 10.3. The molecule has 130 valence electrons. The molecule has 1 fully saturated rings. The summed E-state index contributed by atoms with van der Waals surface area (Å²) in [5.74, 6) is 0.719. The number of hydrogen-bond acceptors (Lipinski definition) is 5. The Bertz CT molecular complexity index is 791.